The molecular formula is C38H45FN2O4. The number of fused-ring (bicyclic) bond motifs is 2. The van der Waals surface area contributed by atoms with Crippen LogP contribution in [-0.4, -0.2) is 60.7 Å². The Labute approximate surface area is 266 Å². The first-order chi connectivity index (χ1) is 21.7. The van der Waals surface area contributed by atoms with Gasteiger partial charge in [-0.2, -0.15) is 0 Å². The summed E-state index contributed by atoms with van der Waals surface area (Å²) in [5.74, 6) is 1.13. The Bertz CT molecular complexity index is 1560. The van der Waals surface area contributed by atoms with Gasteiger partial charge >= 0.3 is 6.09 Å². The van der Waals surface area contributed by atoms with Crippen LogP contribution in [0.3, 0.4) is 0 Å². The van der Waals surface area contributed by atoms with E-state index in [4.69, 9.17) is 9.47 Å². The van der Waals surface area contributed by atoms with Crippen LogP contribution in [0.1, 0.15) is 80.7 Å². The summed E-state index contributed by atoms with van der Waals surface area (Å²) in [7, 11) is 0. The van der Waals surface area contributed by atoms with E-state index in [9.17, 15) is 14.3 Å². The van der Waals surface area contributed by atoms with E-state index in [1.807, 2.05) is 32.9 Å². The summed E-state index contributed by atoms with van der Waals surface area (Å²) in [6.07, 6.45) is 5.89. The van der Waals surface area contributed by atoms with E-state index in [-0.39, 0.29) is 24.6 Å². The fourth-order valence-electron chi connectivity index (χ4n) is 6.96. The number of halogens is 1. The van der Waals surface area contributed by atoms with Gasteiger partial charge in [0.2, 0.25) is 0 Å². The van der Waals surface area contributed by atoms with Gasteiger partial charge in [-0.3, -0.25) is 14.2 Å². The number of hydrogen-bond donors (Lipinski definition) is 1. The summed E-state index contributed by atoms with van der Waals surface area (Å²) in [4.78, 5) is 17.1. The largest absolute Gasteiger partial charge is 0.508 e. The van der Waals surface area contributed by atoms with Crippen molar-refractivity contribution in [1.29, 1.82) is 0 Å². The van der Waals surface area contributed by atoms with Gasteiger partial charge in [-0.15, -0.1) is 0 Å². The van der Waals surface area contributed by atoms with E-state index in [2.05, 4.69) is 47.4 Å². The van der Waals surface area contributed by atoms with Crippen LogP contribution in [0.4, 0.5) is 14.9 Å². The van der Waals surface area contributed by atoms with Gasteiger partial charge < -0.3 is 14.6 Å². The minimum absolute atomic E-state index is 0.113. The third-order valence-electron chi connectivity index (χ3n) is 8.98. The number of alkyl halides is 1. The Balaban J connectivity index is 1.34. The molecule has 1 unspecified atom stereocenters. The van der Waals surface area contributed by atoms with E-state index >= 15 is 0 Å². The number of carbonyl (C=O) groups excluding carboxylic acids is 1. The molecule has 2 heterocycles. The number of phenols is 1. The van der Waals surface area contributed by atoms with Crippen LogP contribution in [0.5, 0.6) is 11.5 Å². The van der Waals surface area contributed by atoms with Crippen molar-refractivity contribution in [3.05, 3.63) is 88.5 Å². The molecule has 45 heavy (non-hydrogen) atoms. The fourth-order valence-corrected chi connectivity index (χ4v) is 6.96. The van der Waals surface area contributed by atoms with Crippen LogP contribution in [0, 0.1) is 0 Å². The molecule has 3 aromatic carbocycles. The quantitative estimate of drug-likeness (QED) is 0.292. The molecule has 0 aromatic heterocycles. The SMILES string of the molecule is CC(C)(C)OC(=O)N1CCCc2cc(C3=C(c4ccc(OC5CCN(CCCF)C5)cc4)c4ccc(O)cc4CCC3)ccc21. The second kappa shape index (κ2) is 13.3. The molecule has 3 aromatic rings. The van der Waals surface area contributed by atoms with Crippen LogP contribution < -0.4 is 9.64 Å². The lowest BCUT2D eigenvalue weighted by atomic mass is 9.86. The smallest absolute Gasteiger partial charge is 0.414 e. The van der Waals surface area contributed by atoms with Crippen molar-refractivity contribution in [2.24, 2.45) is 0 Å². The van der Waals surface area contributed by atoms with Gasteiger partial charge in [0, 0.05) is 26.2 Å². The number of aryl methyl sites for hydroxylation is 2. The first-order valence-corrected chi connectivity index (χ1v) is 16.4. The number of likely N-dealkylation sites (tertiary alicyclic amines) is 1. The van der Waals surface area contributed by atoms with E-state index in [0.717, 1.165) is 97.4 Å². The van der Waals surface area contributed by atoms with Crippen molar-refractivity contribution in [3.8, 4) is 11.5 Å². The Morgan fingerprint density at radius 2 is 1.71 bits per heavy atom. The highest BCUT2D eigenvalue weighted by Gasteiger charge is 2.29. The van der Waals surface area contributed by atoms with Crippen molar-refractivity contribution < 1.29 is 23.8 Å². The maximum Gasteiger partial charge on any atom is 0.414 e. The minimum atomic E-state index is -0.551. The number of phenolic OH excluding ortho intramolecular Hbond substituents is 1. The number of rotatable bonds is 7. The normalized spacial score (nSPS) is 18.8. The zero-order valence-electron chi connectivity index (χ0n) is 26.8. The summed E-state index contributed by atoms with van der Waals surface area (Å²) in [5, 5.41) is 10.3. The van der Waals surface area contributed by atoms with Gasteiger partial charge in [0.1, 0.15) is 23.2 Å². The summed E-state index contributed by atoms with van der Waals surface area (Å²) >= 11 is 0. The van der Waals surface area contributed by atoms with Crippen molar-refractivity contribution in [2.45, 2.75) is 77.4 Å². The number of carbonyl (C=O) groups is 1. The average molecular weight is 613 g/mol. The number of anilines is 1. The predicted molar refractivity (Wildman–Crippen MR) is 178 cm³/mol. The summed E-state index contributed by atoms with van der Waals surface area (Å²) in [5.41, 5.74) is 8.53. The zero-order chi connectivity index (χ0) is 31.6. The minimum Gasteiger partial charge on any atom is -0.508 e. The molecule has 0 radical (unpaired) electrons. The standard InChI is InChI=1S/C38H45FN2O4/c1-38(2,3)45-37(43)41-21-5-8-29-23-28(12-17-35(29)41)33-9-4-7-27-24-30(42)13-16-34(27)36(33)26-10-14-31(15-11-26)44-32-18-22-40(25-32)20-6-19-39/h10-17,23-24,32,42H,4-9,18-22,25H2,1-3H3. The van der Waals surface area contributed by atoms with Crippen LogP contribution in [-0.2, 0) is 17.6 Å². The van der Waals surface area contributed by atoms with Crippen LogP contribution in [0.15, 0.2) is 60.7 Å². The Kier molecular flexibility index (Phi) is 9.18. The second-order valence-corrected chi connectivity index (χ2v) is 13.5. The van der Waals surface area contributed by atoms with Crippen molar-refractivity contribution >= 4 is 22.9 Å². The molecule has 1 amide bonds. The van der Waals surface area contributed by atoms with E-state index in [0.29, 0.717) is 13.0 Å². The summed E-state index contributed by atoms with van der Waals surface area (Å²) in [6, 6.07) is 20.6. The molecular weight excluding hydrogens is 567 g/mol. The third-order valence-corrected chi connectivity index (χ3v) is 8.98. The molecule has 6 rings (SSSR count). The average Bonchev–Trinajstić information content (AvgIpc) is 3.37. The zero-order valence-corrected chi connectivity index (χ0v) is 26.8. The molecule has 7 heteroatoms. The highest BCUT2D eigenvalue weighted by Crippen LogP contribution is 2.42. The fraction of sp³-hybridized carbons (Fsp3) is 0.447. The first kappa shape index (κ1) is 31.2. The number of nitrogens with zero attached hydrogens (tertiary/aromatic N) is 2. The molecule has 0 bridgehead atoms. The highest BCUT2D eigenvalue weighted by molar-refractivity contribution is 6.00. The number of hydrogen-bond acceptors (Lipinski definition) is 5. The molecule has 3 aliphatic rings. The Morgan fingerprint density at radius 3 is 2.49 bits per heavy atom. The molecule has 238 valence electrons. The van der Waals surface area contributed by atoms with Crippen LogP contribution >= 0.6 is 0 Å². The molecule has 1 aliphatic carbocycles. The highest BCUT2D eigenvalue weighted by atomic mass is 19.1. The monoisotopic (exact) mass is 612 g/mol. The lowest BCUT2D eigenvalue weighted by Gasteiger charge is -2.32. The summed E-state index contributed by atoms with van der Waals surface area (Å²) < 4.78 is 24.7. The first-order valence-electron chi connectivity index (χ1n) is 16.4. The second-order valence-electron chi connectivity index (χ2n) is 13.5. The number of aromatic hydroxyl groups is 1. The van der Waals surface area contributed by atoms with Crippen LogP contribution in [0.2, 0.25) is 0 Å². The Morgan fingerprint density at radius 1 is 0.933 bits per heavy atom. The number of ether oxygens (including phenoxy) is 2. The molecule has 2 aliphatic heterocycles. The molecule has 6 nitrogen and oxygen atoms in total. The molecule has 1 atom stereocenters. The predicted octanol–water partition coefficient (Wildman–Crippen LogP) is 8.19. The maximum absolute atomic E-state index is 13.1. The lowest BCUT2D eigenvalue weighted by Crippen LogP contribution is -2.39. The number of allylic oxidation sites excluding steroid dienone is 1. The van der Waals surface area contributed by atoms with Gasteiger partial charge in [-0.1, -0.05) is 24.3 Å². The van der Waals surface area contributed by atoms with Gasteiger partial charge in [0.05, 0.1) is 12.4 Å². The molecule has 0 spiro atoms. The van der Waals surface area contributed by atoms with Crippen molar-refractivity contribution in [3.63, 3.8) is 0 Å². The molecule has 1 saturated heterocycles. The van der Waals surface area contributed by atoms with E-state index < -0.39 is 5.60 Å². The number of benzene rings is 3. The summed E-state index contributed by atoms with van der Waals surface area (Å²) in [6.45, 7) is 8.62. The Hall–Kier alpha value is -3.84. The van der Waals surface area contributed by atoms with Crippen LogP contribution in [0.25, 0.3) is 11.1 Å². The molecule has 1 fully saturated rings. The van der Waals surface area contributed by atoms with Gasteiger partial charge in [-0.25, -0.2) is 4.79 Å². The van der Waals surface area contributed by atoms with Gasteiger partial charge in [0.25, 0.3) is 0 Å². The van der Waals surface area contributed by atoms with Crippen molar-refractivity contribution in [1.82, 2.24) is 4.90 Å². The molecule has 1 N–H and O–H groups in total. The maximum atomic E-state index is 13.1. The van der Waals surface area contributed by atoms with E-state index in [1.165, 1.54) is 11.1 Å². The lowest BCUT2D eigenvalue weighted by molar-refractivity contribution is 0.0578. The van der Waals surface area contributed by atoms with Gasteiger partial charge in [-0.05, 0) is 141 Å². The van der Waals surface area contributed by atoms with Crippen molar-refractivity contribution in [2.75, 3.05) is 37.8 Å². The third kappa shape index (κ3) is 7.19. The van der Waals surface area contributed by atoms with Gasteiger partial charge in [0.15, 0.2) is 0 Å². The molecule has 0 saturated carbocycles. The number of amides is 1. The van der Waals surface area contributed by atoms with E-state index in [1.54, 1.807) is 11.0 Å². The topological polar surface area (TPSA) is 62.2 Å².